The van der Waals surface area contributed by atoms with E-state index < -0.39 is 5.60 Å². The number of aliphatic hydroxyl groups excluding tert-OH is 1. The van der Waals surface area contributed by atoms with Gasteiger partial charge in [0.05, 0.1) is 11.5 Å². The summed E-state index contributed by atoms with van der Waals surface area (Å²) < 4.78 is 5.12. The lowest BCUT2D eigenvalue weighted by Gasteiger charge is -2.28. The van der Waals surface area contributed by atoms with E-state index in [4.69, 9.17) is 16.3 Å². The highest BCUT2D eigenvalue weighted by Crippen LogP contribution is 2.51. The Morgan fingerprint density at radius 2 is 2.16 bits per heavy atom. The molecule has 1 N–H and O–H groups in total. The Kier molecular flexibility index (Phi) is 4.13. The molecule has 0 aromatic carbocycles. The number of alkyl halides is 1. The minimum Gasteiger partial charge on any atom is -0.447 e. The van der Waals surface area contributed by atoms with Crippen molar-refractivity contribution in [2.45, 2.75) is 57.1 Å². The molecule has 2 fully saturated rings. The van der Waals surface area contributed by atoms with Crippen molar-refractivity contribution in [3.05, 3.63) is 0 Å². The Hall–Kier alpha value is -0.720. The molecule has 0 aliphatic heterocycles. The first kappa shape index (κ1) is 14.7. The zero-order chi connectivity index (χ0) is 14.2. The van der Waals surface area contributed by atoms with Gasteiger partial charge in [-0.2, -0.15) is 0 Å². The van der Waals surface area contributed by atoms with Crippen LogP contribution in [0.4, 0.5) is 0 Å². The second kappa shape index (κ2) is 5.34. The van der Waals surface area contributed by atoms with Crippen LogP contribution in [0.25, 0.3) is 0 Å². The third-order valence-electron chi connectivity index (χ3n) is 4.16. The van der Waals surface area contributed by atoms with Crippen molar-refractivity contribution >= 4 is 17.6 Å². The number of carbonyl (C=O) groups excluding carboxylic acids is 1. The van der Waals surface area contributed by atoms with Gasteiger partial charge in [0.1, 0.15) is 0 Å². The molecular formula is C15H21ClO3. The maximum Gasteiger partial charge on any atom is 0.304 e. The first-order valence-electron chi connectivity index (χ1n) is 6.82. The summed E-state index contributed by atoms with van der Waals surface area (Å²) in [6.45, 7) is 4.96. The van der Waals surface area contributed by atoms with Crippen LogP contribution >= 0.6 is 11.6 Å². The van der Waals surface area contributed by atoms with Gasteiger partial charge in [-0.25, -0.2) is 0 Å². The van der Waals surface area contributed by atoms with E-state index in [1.807, 2.05) is 0 Å². The summed E-state index contributed by atoms with van der Waals surface area (Å²) in [4.78, 5) is 10.9. The van der Waals surface area contributed by atoms with E-state index in [9.17, 15) is 9.90 Å². The van der Waals surface area contributed by atoms with Crippen LogP contribution in [0.2, 0.25) is 0 Å². The molecule has 2 saturated carbocycles. The Labute approximate surface area is 119 Å². The average Bonchev–Trinajstić information content (AvgIpc) is 2.78. The largest absolute Gasteiger partial charge is 0.447 e. The first-order valence-corrected chi connectivity index (χ1v) is 7.25. The van der Waals surface area contributed by atoms with Gasteiger partial charge in [-0.15, -0.1) is 11.6 Å². The van der Waals surface area contributed by atoms with Crippen LogP contribution in [0.1, 0.15) is 40.0 Å². The van der Waals surface area contributed by atoms with Crippen LogP contribution in [0.3, 0.4) is 0 Å². The molecule has 2 aliphatic rings. The molecule has 2 rings (SSSR count). The monoisotopic (exact) mass is 284 g/mol. The Morgan fingerprint density at radius 3 is 2.68 bits per heavy atom. The van der Waals surface area contributed by atoms with Crippen LogP contribution in [0.5, 0.6) is 0 Å². The third-order valence-corrected chi connectivity index (χ3v) is 4.74. The Morgan fingerprint density at radius 1 is 1.47 bits per heavy atom. The first-order chi connectivity index (χ1) is 8.80. The minimum atomic E-state index is -0.733. The summed E-state index contributed by atoms with van der Waals surface area (Å²) in [6, 6.07) is 0. The fourth-order valence-corrected chi connectivity index (χ4v) is 3.91. The van der Waals surface area contributed by atoms with Gasteiger partial charge in [0.25, 0.3) is 0 Å². The molecule has 4 heteroatoms. The van der Waals surface area contributed by atoms with Crippen molar-refractivity contribution in [2.75, 3.05) is 0 Å². The standard InChI is InChI=1S/C15H21ClO3/c1-9(17)19-15(2,3)6-4-5-10-7-11-8-12(10)13(16)14(11)18/h10-14,18H,5,7-8H2,1-3H3. The number of hydrogen-bond acceptors (Lipinski definition) is 3. The van der Waals surface area contributed by atoms with E-state index in [-0.39, 0.29) is 17.5 Å². The van der Waals surface area contributed by atoms with Crippen molar-refractivity contribution in [2.24, 2.45) is 17.8 Å². The molecular weight excluding hydrogens is 264 g/mol. The van der Waals surface area contributed by atoms with Crippen molar-refractivity contribution in [3.8, 4) is 11.8 Å². The average molecular weight is 285 g/mol. The molecule has 3 nitrogen and oxygen atoms in total. The maximum atomic E-state index is 10.9. The van der Waals surface area contributed by atoms with Gasteiger partial charge >= 0.3 is 5.97 Å². The van der Waals surface area contributed by atoms with E-state index in [2.05, 4.69) is 11.8 Å². The second-order valence-corrected chi connectivity index (χ2v) is 6.70. The molecule has 0 aromatic heterocycles. The molecule has 0 amide bonds. The summed E-state index contributed by atoms with van der Waals surface area (Å²) in [7, 11) is 0. The van der Waals surface area contributed by atoms with Crippen LogP contribution in [-0.2, 0) is 9.53 Å². The van der Waals surface area contributed by atoms with E-state index >= 15 is 0 Å². The lowest BCUT2D eigenvalue weighted by atomic mass is 9.85. The number of fused-ring (bicyclic) bond motifs is 2. The normalized spacial score (nSPS) is 36.8. The minimum absolute atomic E-state index is 0.118. The van der Waals surface area contributed by atoms with Gasteiger partial charge < -0.3 is 9.84 Å². The number of halogens is 1. The highest BCUT2D eigenvalue weighted by Gasteiger charge is 2.50. The topological polar surface area (TPSA) is 46.5 Å². The fraction of sp³-hybridized carbons (Fsp3) is 0.800. The van der Waals surface area contributed by atoms with Gasteiger partial charge in [0.2, 0.25) is 0 Å². The van der Waals surface area contributed by atoms with Crippen LogP contribution < -0.4 is 0 Å². The predicted molar refractivity (Wildman–Crippen MR) is 73.6 cm³/mol. The molecule has 19 heavy (non-hydrogen) atoms. The van der Waals surface area contributed by atoms with E-state index in [1.54, 1.807) is 13.8 Å². The highest BCUT2D eigenvalue weighted by molar-refractivity contribution is 6.21. The van der Waals surface area contributed by atoms with Crippen molar-refractivity contribution in [1.29, 1.82) is 0 Å². The molecule has 2 aliphatic carbocycles. The Balaban J connectivity index is 1.90. The fourth-order valence-electron chi connectivity index (χ4n) is 3.40. The summed E-state index contributed by atoms with van der Waals surface area (Å²) in [5.74, 6) is 7.01. The van der Waals surface area contributed by atoms with E-state index in [1.165, 1.54) is 6.92 Å². The number of carbonyl (C=O) groups is 1. The summed E-state index contributed by atoms with van der Waals surface area (Å²) in [5, 5.41) is 9.72. The molecule has 5 atom stereocenters. The summed E-state index contributed by atoms with van der Waals surface area (Å²) in [5.41, 5.74) is -0.733. The van der Waals surface area contributed by atoms with Crippen molar-refractivity contribution in [3.63, 3.8) is 0 Å². The number of ether oxygens (including phenoxy) is 1. The maximum absolute atomic E-state index is 10.9. The predicted octanol–water partition coefficient (Wildman–Crippen LogP) is 2.35. The zero-order valence-corrected chi connectivity index (χ0v) is 12.4. The molecule has 0 saturated heterocycles. The van der Waals surface area contributed by atoms with Crippen molar-refractivity contribution in [1.82, 2.24) is 0 Å². The number of hydrogen-bond donors (Lipinski definition) is 1. The highest BCUT2D eigenvalue weighted by atomic mass is 35.5. The molecule has 106 valence electrons. The molecule has 2 bridgehead atoms. The van der Waals surface area contributed by atoms with E-state index in [0.717, 1.165) is 19.3 Å². The van der Waals surface area contributed by atoms with Crippen LogP contribution in [-0.4, -0.2) is 28.2 Å². The van der Waals surface area contributed by atoms with E-state index in [0.29, 0.717) is 17.8 Å². The van der Waals surface area contributed by atoms with Gasteiger partial charge in [0.15, 0.2) is 5.60 Å². The van der Waals surface area contributed by atoms with Crippen LogP contribution in [0.15, 0.2) is 0 Å². The molecule has 0 aromatic rings. The molecule has 5 unspecified atom stereocenters. The molecule has 0 spiro atoms. The van der Waals surface area contributed by atoms with Crippen molar-refractivity contribution < 1.29 is 14.6 Å². The Bertz CT molecular complexity index is 419. The van der Waals surface area contributed by atoms with Gasteiger partial charge in [-0.3, -0.25) is 4.79 Å². The summed E-state index contributed by atoms with van der Waals surface area (Å²) >= 11 is 6.22. The molecule has 0 heterocycles. The van der Waals surface area contributed by atoms with Gasteiger partial charge in [-0.1, -0.05) is 11.8 Å². The number of aliphatic hydroxyl groups is 1. The lowest BCUT2D eigenvalue weighted by molar-refractivity contribution is -0.148. The lowest BCUT2D eigenvalue weighted by Crippen LogP contribution is -2.32. The zero-order valence-electron chi connectivity index (χ0n) is 11.6. The molecule has 0 radical (unpaired) electrons. The summed E-state index contributed by atoms with van der Waals surface area (Å²) in [6.07, 6.45) is 2.46. The second-order valence-electron chi connectivity index (χ2n) is 6.20. The smallest absolute Gasteiger partial charge is 0.304 e. The quantitative estimate of drug-likeness (QED) is 0.481. The number of rotatable bonds is 2. The third kappa shape index (κ3) is 3.24. The number of esters is 1. The SMILES string of the molecule is CC(=O)OC(C)(C)C#CCC1CC2CC1C(Cl)C2O. The van der Waals surface area contributed by atoms with Gasteiger partial charge in [0, 0.05) is 13.3 Å². The van der Waals surface area contributed by atoms with Gasteiger partial charge in [-0.05, 0) is 44.4 Å². The van der Waals surface area contributed by atoms with Crippen LogP contribution in [0, 0.1) is 29.6 Å².